The molecule has 0 bridgehead atoms. The minimum Gasteiger partial charge on any atom is -0.352 e. The first-order chi connectivity index (χ1) is 11.7. The number of aromatic nitrogens is 2. The highest BCUT2D eigenvalue weighted by Gasteiger charge is 2.25. The summed E-state index contributed by atoms with van der Waals surface area (Å²) < 4.78 is 23.2. The molecule has 0 aliphatic carbocycles. The van der Waals surface area contributed by atoms with E-state index in [0.29, 0.717) is 35.3 Å². The fraction of sp³-hybridized carbons (Fsp3) is 0.562. The highest BCUT2D eigenvalue weighted by molar-refractivity contribution is 7.91. The Morgan fingerprint density at radius 2 is 2.16 bits per heavy atom. The van der Waals surface area contributed by atoms with Gasteiger partial charge in [0.15, 0.2) is 9.84 Å². The number of hydrogen-bond donors (Lipinski definition) is 2. The van der Waals surface area contributed by atoms with Crippen LogP contribution < -0.4 is 10.9 Å². The van der Waals surface area contributed by atoms with E-state index in [9.17, 15) is 18.0 Å². The molecule has 1 unspecified atom stereocenters. The number of aryl methyl sites for hydroxylation is 3. The third-order valence-electron chi connectivity index (χ3n) is 4.51. The minimum atomic E-state index is -3.05. The molecule has 0 saturated carbocycles. The van der Waals surface area contributed by atoms with E-state index in [1.165, 1.54) is 11.3 Å². The first-order valence-electron chi connectivity index (χ1n) is 8.24. The van der Waals surface area contributed by atoms with Crippen LogP contribution in [0.1, 0.15) is 35.5 Å². The predicted molar refractivity (Wildman–Crippen MR) is 97.9 cm³/mol. The lowest BCUT2D eigenvalue weighted by Crippen LogP contribution is -2.43. The number of nitrogens with one attached hydrogen (secondary N) is 2. The molecule has 1 aliphatic rings. The fourth-order valence-corrected chi connectivity index (χ4v) is 5.77. The van der Waals surface area contributed by atoms with Crippen LogP contribution in [0.3, 0.4) is 0 Å². The van der Waals surface area contributed by atoms with E-state index in [-0.39, 0.29) is 35.4 Å². The summed E-state index contributed by atoms with van der Waals surface area (Å²) in [6.45, 7) is 3.85. The van der Waals surface area contributed by atoms with Gasteiger partial charge in [0, 0.05) is 23.8 Å². The summed E-state index contributed by atoms with van der Waals surface area (Å²) in [6, 6.07) is -0.316. The number of sulfone groups is 1. The molecule has 7 nitrogen and oxygen atoms in total. The lowest BCUT2D eigenvalue weighted by Gasteiger charge is -2.22. The van der Waals surface area contributed by atoms with E-state index < -0.39 is 9.84 Å². The summed E-state index contributed by atoms with van der Waals surface area (Å²) in [5, 5.41) is 3.39. The number of rotatable bonds is 4. The van der Waals surface area contributed by atoms with E-state index >= 15 is 0 Å². The maximum atomic E-state index is 12.2. The van der Waals surface area contributed by atoms with Crippen LogP contribution in [0.25, 0.3) is 10.2 Å². The molecule has 2 N–H and O–H groups in total. The molecule has 1 atom stereocenters. The zero-order valence-corrected chi connectivity index (χ0v) is 15.8. The number of nitrogens with zero attached hydrogens (tertiary/aromatic N) is 1. The number of amides is 1. The van der Waals surface area contributed by atoms with E-state index in [1.807, 2.05) is 13.8 Å². The van der Waals surface area contributed by atoms with Gasteiger partial charge in [-0.3, -0.25) is 9.59 Å². The van der Waals surface area contributed by atoms with Gasteiger partial charge in [0.25, 0.3) is 5.56 Å². The summed E-state index contributed by atoms with van der Waals surface area (Å²) in [5.41, 5.74) is 0.761. The SMILES string of the molecule is Cc1sc2nc(CCC(=O)NC3CCCS(=O)(=O)C3)[nH]c(=O)c2c1C. The van der Waals surface area contributed by atoms with E-state index in [0.717, 1.165) is 10.4 Å². The molecule has 1 fully saturated rings. The quantitative estimate of drug-likeness (QED) is 0.825. The molecular formula is C16H21N3O4S2. The molecule has 1 amide bonds. The fourth-order valence-electron chi connectivity index (χ4n) is 3.09. The number of aromatic amines is 1. The van der Waals surface area contributed by atoms with Crippen molar-refractivity contribution in [2.45, 2.75) is 45.6 Å². The summed E-state index contributed by atoms with van der Waals surface area (Å²) in [6.07, 6.45) is 1.73. The molecule has 3 heterocycles. The Labute approximate surface area is 149 Å². The maximum absolute atomic E-state index is 12.2. The molecule has 3 rings (SSSR count). The zero-order valence-electron chi connectivity index (χ0n) is 14.2. The average Bonchev–Trinajstić information content (AvgIpc) is 2.79. The van der Waals surface area contributed by atoms with Gasteiger partial charge in [-0.1, -0.05) is 0 Å². The Kier molecular flexibility index (Phi) is 4.97. The molecule has 9 heteroatoms. The number of thiophene rings is 1. The normalized spacial score (nSPS) is 19.8. The average molecular weight is 383 g/mol. The molecule has 0 spiro atoms. The van der Waals surface area contributed by atoms with Gasteiger partial charge in [-0.05, 0) is 32.3 Å². The highest BCUT2D eigenvalue weighted by Crippen LogP contribution is 2.25. The standard InChI is InChI=1S/C16H21N3O4S2/c1-9-10(2)24-16-14(9)15(21)18-12(19-16)5-6-13(20)17-11-4-3-7-25(22,23)8-11/h11H,3-8H2,1-2H3,(H,17,20)(H,18,19,21). The summed E-state index contributed by atoms with van der Waals surface area (Å²) in [4.78, 5) is 33.2. The lowest BCUT2D eigenvalue weighted by molar-refractivity contribution is -0.121. The van der Waals surface area contributed by atoms with Crippen molar-refractivity contribution in [3.63, 3.8) is 0 Å². The van der Waals surface area contributed by atoms with Crippen LogP contribution in [0.15, 0.2) is 4.79 Å². The molecular weight excluding hydrogens is 362 g/mol. The van der Waals surface area contributed by atoms with Crippen molar-refractivity contribution in [2.24, 2.45) is 0 Å². The summed E-state index contributed by atoms with van der Waals surface area (Å²) in [7, 11) is -3.05. The summed E-state index contributed by atoms with van der Waals surface area (Å²) in [5.74, 6) is 0.464. The van der Waals surface area contributed by atoms with Gasteiger partial charge in [0.05, 0.1) is 16.9 Å². The minimum absolute atomic E-state index is 0.00747. The first-order valence-corrected chi connectivity index (χ1v) is 10.9. The van der Waals surface area contributed by atoms with Gasteiger partial charge in [0.2, 0.25) is 5.91 Å². The van der Waals surface area contributed by atoms with E-state index in [2.05, 4.69) is 15.3 Å². The van der Waals surface area contributed by atoms with Gasteiger partial charge < -0.3 is 10.3 Å². The van der Waals surface area contributed by atoms with Crippen molar-refractivity contribution in [1.82, 2.24) is 15.3 Å². The van der Waals surface area contributed by atoms with Crippen molar-refractivity contribution < 1.29 is 13.2 Å². The molecule has 136 valence electrons. The zero-order chi connectivity index (χ0) is 18.2. The largest absolute Gasteiger partial charge is 0.352 e. The molecule has 1 aliphatic heterocycles. The van der Waals surface area contributed by atoms with Gasteiger partial charge in [-0.15, -0.1) is 11.3 Å². The second-order valence-electron chi connectivity index (χ2n) is 6.50. The monoisotopic (exact) mass is 383 g/mol. The van der Waals surface area contributed by atoms with Gasteiger partial charge in [-0.25, -0.2) is 13.4 Å². The number of carbonyl (C=O) groups is 1. The van der Waals surface area contributed by atoms with E-state index in [4.69, 9.17) is 0 Å². The topological polar surface area (TPSA) is 109 Å². The number of fused-ring (bicyclic) bond motifs is 1. The van der Waals surface area contributed by atoms with Crippen LogP contribution in [0.5, 0.6) is 0 Å². The van der Waals surface area contributed by atoms with Gasteiger partial charge in [0.1, 0.15) is 10.7 Å². The molecule has 0 aromatic carbocycles. The van der Waals surface area contributed by atoms with Crippen LogP contribution >= 0.6 is 11.3 Å². The molecule has 2 aromatic heterocycles. The second kappa shape index (κ2) is 6.87. The third-order valence-corrected chi connectivity index (χ3v) is 7.43. The van der Waals surface area contributed by atoms with Crippen molar-refractivity contribution in [3.05, 3.63) is 26.6 Å². The third kappa shape index (κ3) is 4.09. The Hall–Kier alpha value is -1.74. The van der Waals surface area contributed by atoms with Crippen LogP contribution in [0.4, 0.5) is 0 Å². The number of carbonyl (C=O) groups excluding carboxylic acids is 1. The molecule has 2 aromatic rings. The molecule has 1 saturated heterocycles. The Balaban J connectivity index is 1.64. The smallest absolute Gasteiger partial charge is 0.259 e. The second-order valence-corrected chi connectivity index (χ2v) is 9.93. The van der Waals surface area contributed by atoms with Gasteiger partial charge in [-0.2, -0.15) is 0 Å². The Morgan fingerprint density at radius 1 is 1.40 bits per heavy atom. The van der Waals surface area contributed by atoms with E-state index in [1.54, 1.807) is 0 Å². The number of H-pyrrole nitrogens is 1. The van der Waals surface area contributed by atoms with Crippen molar-refractivity contribution in [2.75, 3.05) is 11.5 Å². The predicted octanol–water partition coefficient (Wildman–Crippen LogP) is 1.23. The van der Waals surface area contributed by atoms with Crippen LogP contribution in [-0.4, -0.2) is 41.8 Å². The molecule has 0 radical (unpaired) electrons. The van der Waals surface area contributed by atoms with Gasteiger partial charge >= 0.3 is 0 Å². The molecule has 25 heavy (non-hydrogen) atoms. The summed E-state index contributed by atoms with van der Waals surface area (Å²) >= 11 is 1.47. The van der Waals surface area contributed by atoms with Crippen LogP contribution in [0, 0.1) is 13.8 Å². The van der Waals surface area contributed by atoms with Crippen LogP contribution in [0.2, 0.25) is 0 Å². The van der Waals surface area contributed by atoms with Crippen molar-refractivity contribution in [3.8, 4) is 0 Å². The lowest BCUT2D eigenvalue weighted by atomic mass is 10.1. The first kappa shape index (κ1) is 18.1. The Morgan fingerprint density at radius 3 is 2.88 bits per heavy atom. The maximum Gasteiger partial charge on any atom is 0.259 e. The Bertz CT molecular complexity index is 975. The number of hydrogen-bond acceptors (Lipinski definition) is 6. The highest BCUT2D eigenvalue weighted by atomic mass is 32.2. The van der Waals surface area contributed by atoms with Crippen molar-refractivity contribution in [1.29, 1.82) is 0 Å². The van der Waals surface area contributed by atoms with Crippen LogP contribution in [-0.2, 0) is 21.1 Å². The van der Waals surface area contributed by atoms with Crippen molar-refractivity contribution >= 4 is 37.3 Å².